The van der Waals surface area contributed by atoms with Gasteiger partial charge in [-0.2, -0.15) is 0 Å². The minimum atomic E-state index is -0.256. The monoisotopic (exact) mass is 289 g/mol. The second kappa shape index (κ2) is 6.98. The number of rotatable bonds is 5. The van der Waals surface area contributed by atoms with E-state index >= 15 is 0 Å². The molecule has 5 heteroatoms. The number of halogens is 2. The molecular formula is C13H17Cl2NO2. The van der Waals surface area contributed by atoms with Gasteiger partial charge in [-0.1, -0.05) is 37.0 Å². The number of hydrogen-bond donors (Lipinski definition) is 2. The van der Waals surface area contributed by atoms with Crippen LogP contribution in [0.2, 0.25) is 10.0 Å². The molecule has 1 aromatic rings. The maximum absolute atomic E-state index is 11.9. The standard InChI is InChI=1S/C13H17Cl2NO2/c1-8(2)5-10(7-17)16-13(18)9-3-4-11(14)12(15)6-9/h3-4,6,8,10,17H,5,7H2,1-2H3,(H,16,18). The molecule has 0 fully saturated rings. The van der Waals surface area contributed by atoms with Crippen LogP contribution >= 0.6 is 23.2 Å². The summed E-state index contributed by atoms with van der Waals surface area (Å²) in [4.78, 5) is 11.9. The van der Waals surface area contributed by atoms with E-state index in [9.17, 15) is 9.90 Å². The maximum atomic E-state index is 11.9. The average Bonchev–Trinajstić information content (AvgIpc) is 2.31. The van der Waals surface area contributed by atoms with Crippen molar-refractivity contribution in [1.82, 2.24) is 5.32 Å². The summed E-state index contributed by atoms with van der Waals surface area (Å²) in [5.74, 6) is 0.143. The zero-order valence-electron chi connectivity index (χ0n) is 10.4. The lowest BCUT2D eigenvalue weighted by Gasteiger charge is -2.18. The van der Waals surface area contributed by atoms with Gasteiger partial charge in [-0.05, 0) is 30.5 Å². The molecule has 1 aromatic carbocycles. The van der Waals surface area contributed by atoms with Crippen LogP contribution in [-0.4, -0.2) is 23.7 Å². The second-order valence-electron chi connectivity index (χ2n) is 4.61. The summed E-state index contributed by atoms with van der Waals surface area (Å²) in [5.41, 5.74) is 0.437. The molecule has 0 bridgehead atoms. The van der Waals surface area contributed by atoms with Crippen LogP contribution in [0.25, 0.3) is 0 Å². The fourth-order valence-electron chi connectivity index (χ4n) is 1.65. The van der Waals surface area contributed by atoms with Crippen LogP contribution in [0, 0.1) is 5.92 Å². The van der Waals surface area contributed by atoms with E-state index in [1.165, 1.54) is 6.07 Å². The summed E-state index contributed by atoms with van der Waals surface area (Å²) >= 11 is 11.6. The molecule has 0 aliphatic rings. The molecule has 0 saturated heterocycles. The SMILES string of the molecule is CC(C)CC(CO)NC(=O)c1ccc(Cl)c(Cl)c1. The van der Waals surface area contributed by atoms with Crippen molar-refractivity contribution < 1.29 is 9.90 Å². The van der Waals surface area contributed by atoms with Crippen molar-refractivity contribution in [3.63, 3.8) is 0 Å². The Labute approximate surface area is 117 Å². The second-order valence-corrected chi connectivity index (χ2v) is 5.43. The highest BCUT2D eigenvalue weighted by molar-refractivity contribution is 6.42. The van der Waals surface area contributed by atoms with Crippen LogP contribution in [0.5, 0.6) is 0 Å². The van der Waals surface area contributed by atoms with E-state index in [1.54, 1.807) is 12.1 Å². The molecule has 1 atom stereocenters. The number of nitrogens with one attached hydrogen (secondary N) is 1. The zero-order valence-corrected chi connectivity index (χ0v) is 11.9. The van der Waals surface area contributed by atoms with Gasteiger partial charge >= 0.3 is 0 Å². The molecule has 2 N–H and O–H groups in total. The van der Waals surface area contributed by atoms with Gasteiger partial charge in [0.25, 0.3) is 5.91 Å². The Bertz CT molecular complexity index is 421. The Morgan fingerprint density at radius 2 is 2.00 bits per heavy atom. The third kappa shape index (κ3) is 4.48. The highest BCUT2D eigenvalue weighted by Gasteiger charge is 2.15. The minimum Gasteiger partial charge on any atom is -0.394 e. The third-order valence-corrected chi connectivity index (χ3v) is 3.23. The number of carbonyl (C=O) groups is 1. The van der Waals surface area contributed by atoms with Crippen LogP contribution in [0.3, 0.4) is 0 Å². The molecule has 1 unspecified atom stereocenters. The highest BCUT2D eigenvalue weighted by Crippen LogP contribution is 2.22. The van der Waals surface area contributed by atoms with Crippen molar-refractivity contribution in [2.45, 2.75) is 26.3 Å². The fraction of sp³-hybridized carbons (Fsp3) is 0.462. The van der Waals surface area contributed by atoms with Crippen molar-refractivity contribution in [2.24, 2.45) is 5.92 Å². The van der Waals surface area contributed by atoms with Crippen LogP contribution in [-0.2, 0) is 0 Å². The van der Waals surface area contributed by atoms with Gasteiger partial charge in [0.2, 0.25) is 0 Å². The molecule has 0 aliphatic heterocycles. The predicted octanol–water partition coefficient (Wildman–Crippen LogP) is 3.13. The number of benzene rings is 1. The molecule has 0 heterocycles. The van der Waals surface area contributed by atoms with Crippen molar-refractivity contribution in [3.8, 4) is 0 Å². The highest BCUT2D eigenvalue weighted by atomic mass is 35.5. The topological polar surface area (TPSA) is 49.3 Å². The van der Waals surface area contributed by atoms with Gasteiger partial charge in [0.1, 0.15) is 0 Å². The number of aliphatic hydroxyl groups excluding tert-OH is 1. The number of amides is 1. The van der Waals surface area contributed by atoms with Gasteiger partial charge in [0, 0.05) is 5.56 Å². The van der Waals surface area contributed by atoms with E-state index in [2.05, 4.69) is 5.32 Å². The van der Waals surface area contributed by atoms with E-state index in [0.29, 0.717) is 21.5 Å². The lowest BCUT2D eigenvalue weighted by atomic mass is 10.0. The summed E-state index contributed by atoms with van der Waals surface area (Å²) < 4.78 is 0. The van der Waals surface area contributed by atoms with Crippen LogP contribution in [0.4, 0.5) is 0 Å². The van der Waals surface area contributed by atoms with E-state index in [-0.39, 0.29) is 18.6 Å². The Morgan fingerprint density at radius 3 is 2.50 bits per heavy atom. The van der Waals surface area contributed by atoms with Gasteiger partial charge in [-0.15, -0.1) is 0 Å². The Hall–Kier alpha value is -0.770. The molecule has 100 valence electrons. The van der Waals surface area contributed by atoms with E-state index in [0.717, 1.165) is 6.42 Å². The molecule has 1 rings (SSSR count). The first-order chi connectivity index (χ1) is 8.43. The molecule has 0 saturated carbocycles. The average molecular weight is 290 g/mol. The molecule has 3 nitrogen and oxygen atoms in total. The van der Waals surface area contributed by atoms with Gasteiger partial charge in [0.05, 0.1) is 22.7 Å². The molecular weight excluding hydrogens is 273 g/mol. The smallest absolute Gasteiger partial charge is 0.251 e. The Balaban J connectivity index is 2.71. The molecule has 0 aliphatic carbocycles. The van der Waals surface area contributed by atoms with Crippen molar-refractivity contribution in [3.05, 3.63) is 33.8 Å². The number of hydrogen-bond acceptors (Lipinski definition) is 2. The van der Waals surface area contributed by atoms with Gasteiger partial charge in [-0.3, -0.25) is 4.79 Å². The van der Waals surface area contributed by atoms with E-state index in [4.69, 9.17) is 23.2 Å². The summed E-state index contributed by atoms with van der Waals surface area (Å²) in [6.45, 7) is 3.99. The molecule has 0 aromatic heterocycles. The van der Waals surface area contributed by atoms with Crippen molar-refractivity contribution in [1.29, 1.82) is 0 Å². The quantitative estimate of drug-likeness (QED) is 0.875. The first-order valence-corrected chi connectivity index (χ1v) is 6.56. The molecule has 1 amide bonds. The van der Waals surface area contributed by atoms with Crippen molar-refractivity contribution in [2.75, 3.05) is 6.61 Å². The maximum Gasteiger partial charge on any atom is 0.251 e. The fourth-order valence-corrected chi connectivity index (χ4v) is 1.95. The third-order valence-electron chi connectivity index (χ3n) is 2.49. The number of carbonyl (C=O) groups excluding carboxylic acids is 1. The summed E-state index contributed by atoms with van der Waals surface area (Å²) in [6.07, 6.45) is 0.726. The normalized spacial score (nSPS) is 12.6. The molecule has 0 radical (unpaired) electrons. The first-order valence-electron chi connectivity index (χ1n) is 5.80. The van der Waals surface area contributed by atoms with E-state index in [1.807, 2.05) is 13.8 Å². The van der Waals surface area contributed by atoms with Crippen LogP contribution < -0.4 is 5.32 Å². The van der Waals surface area contributed by atoms with Gasteiger partial charge in [0.15, 0.2) is 0 Å². The molecule has 18 heavy (non-hydrogen) atoms. The van der Waals surface area contributed by atoms with Crippen LogP contribution in [0.15, 0.2) is 18.2 Å². The van der Waals surface area contributed by atoms with Crippen LogP contribution in [0.1, 0.15) is 30.6 Å². The largest absolute Gasteiger partial charge is 0.394 e. The van der Waals surface area contributed by atoms with E-state index < -0.39 is 0 Å². The summed E-state index contributed by atoms with van der Waals surface area (Å²) in [7, 11) is 0. The van der Waals surface area contributed by atoms with Gasteiger partial charge < -0.3 is 10.4 Å². The summed E-state index contributed by atoms with van der Waals surface area (Å²) in [6, 6.07) is 4.46. The zero-order chi connectivity index (χ0) is 13.7. The summed E-state index contributed by atoms with van der Waals surface area (Å²) in [5, 5.41) is 12.7. The lowest BCUT2D eigenvalue weighted by Crippen LogP contribution is -2.38. The molecule has 0 spiro atoms. The Morgan fingerprint density at radius 1 is 1.33 bits per heavy atom. The van der Waals surface area contributed by atoms with Crippen molar-refractivity contribution >= 4 is 29.1 Å². The Kier molecular flexibility index (Phi) is 5.93. The van der Waals surface area contributed by atoms with Gasteiger partial charge in [-0.25, -0.2) is 0 Å². The number of aliphatic hydroxyl groups is 1. The first kappa shape index (κ1) is 15.3. The predicted molar refractivity (Wildman–Crippen MR) is 74.3 cm³/mol. The lowest BCUT2D eigenvalue weighted by molar-refractivity contribution is 0.0908. The minimum absolute atomic E-state index is 0.0781.